The first kappa shape index (κ1) is 15.1. The molecule has 126 valence electrons. The molecule has 1 aromatic heterocycles. The summed E-state index contributed by atoms with van der Waals surface area (Å²) in [6.07, 6.45) is 3.35. The largest absolute Gasteiger partial charge is 0.477 e. The first-order valence-electron chi connectivity index (χ1n) is 8.04. The molecule has 0 atom stereocenters. The van der Waals surface area contributed by atoms with Crippen LogP contribution in [0.2, 0.25) is 0 Å². The highest BCUT2D eigenvalue weighted by Gasteiger charge is 2.35. The molecule has 0 bridgehead atoms. The molecule has 1 saturated heterocycles. The number of pyridine rings is 1. The van der Waals surface area contributed by atoms with Crippen LogP contribution in [-0.4, -0.2) is 28.7 Å². The van der Waals surface area contributed by atoms with Crippen molar-refractivity contribution >= 4 is 22.7 Å². The minimum Gasteiger partial charge on any atom is -0.477 e. The molecule has 24 heavy (non-hydrogen) atoms. The number of anilines is 1. The topological polar surface area (TPSA) is 62.5 Å². The van der Waals surface area contributed by atoms with Crippen LogP contribution in [0.1, 0.15) is 42.1 Å². The van der Waals surface area contributed by atoms with Crippen LogP contribution < -0.4 is 10.3 Å². The molecule has 0 spiro atoms. The average Bonchev–Trinajstić information content (AvgIpc) is 3.21. The lowest BCUT2D eigenvalue weighted by atomic mass is 10.1. The zero-order valence-electron chi connectivity index (χ0n) is 12.9. The predicted molar refractivity (Wildman–Crippen MR) is 84.8 cm³/mol. The standard InChI is InChI=1S/C17H16F2N2O3/c18-9-7-11-14(12(19)8-9)21(10-3-4-10)16(20-5-1-2-6-20)13(15(11)22)17(23)24/h7-8,10H,1-6H2,(H,23,24). The summed E-state index contributed by atoms with van der Waals surface area (Å²) in [6, 6.07) is 1.62. The van der Waals surface area contributed by atoms with Gasteiger partial charge in [-0.2, -0.15) is 0 Å². The molecule has 1 aromatic carbocycles. The summed E-state index contributed by atoms with van der Waals surface area (Å²) in [6.45, 7) is 1.25. The summed E-state index contributed by atoms with van der Waals surface area (Å²) in [4.78, 5) is 26.3. The van der Waals surface area contributed by atoms with Gasteiger partial charge in [-0.05, 0) is 31.7 Å². The molecule has 1 aliphatic heterocycles. The van der Waals surface area contributed by atoms with E-state index >= 15 is 0 Å². The van der Waals surface area contributed by atoms with Gasteiger partial charge in [-0.25, -0.2) is 13.6 Å². The van der Waals surface area contributed by atoms with Crippen LogP contribution in [-0.2, 0) is 0 Å². The third-order valence-corrected chi connectivity index (χ3v) is 4.72. The predicted octanol–water partition coefficient (Wildman–Crippen LogP) is 2.91. The molecule has 5 nitrogen and oxygen atoms in total. The highest BCUT2D eigenvalue weighted by molar-refractivity contribution is 5.99. The molecule has 0 amide bonds. The van der Waals surface area contributed by atoms with E-state index in [4.69, 9.17) is 0 Å². The number of carboxylic acid groups (broad SMARTS) is 1. The van der Waals surface area contributed by atoms with E-state index < -0.39 is 23.0 Å². The zero-order chi connectivity index (χ0) is 17.0. The van der Waals surface area contributed by atoms with Crippen molar-refractivity contribution in [3.8, 4) is 0 Å². The lowest BCUT2D eigenvalue weighted by molar-refractivity contribution is 0.0695. The quantitative estimate of drug-likeness (QED) is 0.937. The summed E-state index contributed by atoms with van der Waals surface area (Å²) < 4.78 is 29.7. The van der Waals surface area contributed by atoms with Gasteiger partial charge >= 0.3 is 5.97 Å². The van der Waals surface area contributed by atoms with Crippen molar-refractivity contribution in [2.75, 3.05) is 18.0 Å². The lowest BCUT2D eigenvalue weighted by Gasteiger charge is -2.26. The van der Waals surface area contributed by atoms with Gasteiger partial charge < -0.3 is 14.6 Å². The Hall–Kier alpha value is -2.44. The number of aromatic nitrogens is 1. The Kier molecular flexibility index (Phi) is 3.33. The maximum Gasteiger partial charge on any atom is 0.343 e. The van der Waals surface area contributed by atoms with E-state index in [0.29, 0.717) is 13.1 Å². The van der Waals surface area contributed by atoms with Crippen molar-refractivity contribution in [1.82, 2.24) is 4.57 Å². The molecule has 2 aromatic rings. The molecule has 7 heteroatoms. The van der Waals surface area contributed by atoms with E-state index in [1.807, 2.05) is 4.90 Å². The van der Waals surface area contributed by atoms with Crippen molar-refractivity contribution in [3.63, 3.8) is 0 Å². The van der Waals surface area contributed by atoms with Crippen molar-refractivity contribution in [2.24, 2.45) is 0 Å². The fourth-order valence-corrected chi connectivity index (χ4v) is 3.57. The highest BCUT2D eigenvalue weighted by Crippen LogP contribution is 2.42. The number of carbonyl (C=O) groups is 1. The third-order valence-electron chi connectivity index (χ3n) is 4.72. The fourth-order valence-electron chi connectivity index (χ4n) is 3.57. The van der Waals surface area contributed by atoms with Crippen LogP contribution in [0.25, 0.3) is 10.9 Å². The van der Waals surface area contributed by atoms with E-state index in [2.05, 4.69) is 0 Å². The van der Waals surface area contributed by atoms with E-state index in [1.54, 1.807) is 4.57 Å². The number of hydrogen-bond donors (Lipinski definition) is 1. The Morgan fingerprint density at radius 2 is 1.83 bits per heavy atom. The Balaban J connectivity index is 2.18. The molecule has 1 aliphatic carbocycles. The third kappa shape index (κ3) is 2.18. The van der Waals surface area contributed by atoms with Crippen LogP contribution in [0.15, 0.2) is 16.9 Å². The Labute approximate surface area is 136 Å². The second kappa shape index (κ2) is 5.29. The Morgan fingerprint density at radius 3 is 2.42 bits per heavy atom. The monoisotopic (exact) mass is 334 g/mol. The van der Waals surface area contributed by atoms with Crippen LogP contribution in [0.4, 0.5) is 14.6 Å². The molecular formula is C17H16F2N2O3. The summed E-state index contributed by atoms with van der Waals surface area (Å²) >= 11 is 0. The summed E-state index contributed by atoms with van der Waals surface area (Å²) in [7, 11) is 0. The molecular weight excluding hydrogens is 318 g/mol. The minimum absolute atomic E-state index is 0.0100. The SMILES string of the molecule is O=C(O)c1c(N2CCCC2)n(C2CC2)c2c(F)cc(F)cc2c1=O. The number of benzene rings is 1. The van der Waals surface area contributed by atoms with Crippen LogP contribution in [0.5, 0.6) is 0 Å². The molecule has 4 rings (SSSR count). The van der Waals surface area contributed by atoms with Gasteiger partial charge in [-0.15, -0.1) is 0 Å². The molecule has 2 fully saturated rings. The smallest absolute Gasteiger partial charge is 0.343 e. The average molecular weight is 334 g/mol. The summed E-state index contributed by atoms with van der Waals surface area (Å²) in [5.41, 5.74) is -1.20. The van der Waals surface area contributed by atoms with Crippen LogP contribution >= 0.6 is 0 Å². The summed E-state index contributed by atoms with van der Waals surface area (Å²) in [5, 5.41) is 9.40. The molecule has 1 N–H and O–H groups in total. The minimum atomic E-state index is -1.36. The first-order valence-corrected chi connectivity index (χ1v) is 8.04. The summed E-state index contributed by atoms with van der Waals surface area (Å²) in [5.74, 6) is -2.80. The number of aromatic carboxylic acids is 1. The Morgan fingerprint density at radius 1 is 1.17 bits per heavy atom. The molecule has 2 aliphatic rings. The van der Waals surface area contributed by atoms with E-state index in [0.717, 1.165) is 37.8 Å². The number of nitrogens with zero attached hydrogens (tertiary/aromatic N) is 2. The second-order valence-electron chi connectivity index (χ2n) is 6.41. The van der Waals surface area contributed by atoms with E-state index in [9.17, 15) is 23.5 Å². The van der Waals surface area contributed by atoms with Gasteiger partial charge in [0, 0.05) is 25.2 Å². The van der Waals surface area contributed by atoms with Crippen molar-refractivity contribution in [2.45, 2.75) is 31.7 Å². The number of halogens is 2. The van der Waals surface area contributed by atoms with Gasteiger partial charge in [-0.3, -0.25) is 4.79 Å². The van der Waals surface area contributed by atoms with Crippen LogP contribution in [0.3, 0.4) is 0 Å². The maximum atomic E-state index is 14.5. The van der Waals surface area contributed by atoms with E-state index in [-0.39, 0.29) is 28.3 Å². The van der Waals surface area contributed by atoms with Crippen molar-refractivity contribution in [1.29, 1.82) is 0 Å². The zero-order valence-corrected chi connectivity index (χ0v) is 12.9. The van der Waals surface area contributed by atoms with Gasteiger partial charge in [0.15, 0.2) is 5.82 Å². The van der Waals surface area contributed by atoms with E-state index in [1.165, 1.54) is 0 Å². The molecule has 0 radical (unpaired) electrons. The number of fused-ring (bicyclic) bond motifs is 1. The van der Waals surface area contributed by atoms with Gasteiger partial charge in [0.25, 0.3) is 0 Å². The second-order valence-corrected chi connectivity index (χ2v) is 6.41. The molecule has 1 saturated carbocycles. The first-order chi connectivity index (χ1) is 11.5. The lowest BCUT2D eigenvalue weighted by Crippen LogP contribution is -2.31. The molecule has 0 unspecified atom stereocenters. The van der Waals surface area contributed by atoms with Gasteiger partial charge in [0.05, 0.1) is 10.9 Å². The normalized spacial score (nSPS) is 17.7. The number of carboxylic acids is 1. The van der Waals surface area contributed by atoms with Gasteiger partial charge in [0.1, 0.15) is 17.2 Å². The van der Waals surface area contributed by atoms with Crippen LogP contribution in [0, 0.1) is 11.6 Å². The highest BCUT2D eigenvalue weighted by atomic mass is 19.1. The van der Waals surface area contributed by atoms with Gasteiger partial charge in [0.2, 0.25) is 5.43 Å². The molecule has 2 heterocycles. The van der Waals surface area contributed by atoms with Gasteiger partial charge in [-0.1, -0.05) is 0 Å². The number of hydrogen-bond acceptors (Lipinski definition) is 3. The maximum absolute atomic E-state index is 14.5. The fraction of sp³-hybridized carbons (Fsp3) is 0.412. The van der Waals surface area contributed by atoms with Crippen molar-refractivity contribution < 1.29 is 18.7 Å². The Bertz CT molecular complexity index is 912. The number of rotatable bonds is 3. The van der Waals surface area contributed by atoms with Crippen molar-refractivity contribution in [3.05, 3.63) is 39.6 Å².